The van der Waals surface area contributed by atoms with Crippen LogP contribution in [0.5, 0.6) is 0 Å². The summed E-state index contributed by atoms with van der Waals surface area (Å²) in [6.45, 7) is 1.62. The van der Waals surface area contributed by atoms with Gasteiger partial charge in [0, 0.05) is 10.6 Å². The largest absolute Gasteiger partial charge is 0.449 e. The van der Waals surface area contributed by atoms with Gasteiger partial charge in [-0.1, -0.05) is 17.7 Å². The molecule has 0 amide bonds. The van der Waals surface area contributed by atoms with Crippen LogP contribution in [0.15, 0.2) is 52.9 Å². The van der Waals surface area contributed by atoms with Gasteiger partial charge in [-0.25, -0.2) is 9.18 Å². The number of esters is 1. The first kappa shape index (κ1) is 16.1. The predicted molar refractivity (Wildman–Crippen MR) is 85.0 cm³/mol. The number of ether oxygens (including phenoxy) is 1. The van der Waals surface area contributed by atoms with Crippen LogP contribution in [0.25, 0.3) is 11.5 Å². The molecule has 0 aliphatic carbocycles. The maximum atomic E-state index is 12.9. The van der Waals surface area contributed by atoms with Gasteiger partial charge in [-0.3, -0.25) is 0 Å². The number of rotatable bonds is 4. The van der Waals surface area contributed by atoms with E-state index in [9.17, 15) is 9.18 Å². The molecule has 3 aromatic rings. The summed E-state index contributed by atoms with van der Waals surface area (Å²) >= 11 is 5.85. The zero-order valence-electron chi connectivity index (χ0n) is 12.6. The highest BCUT2D eigenvalue weighted by atomic mass is 35.5. The van der Waals surface area contributed by atoms with Crippen LogP contribution in [0.4, 0.5) is 4.39 Å². The third kappa shape index (κ3) is 3.60. The van der Waals surface area contributed by atoms with E-state index in [1.165, 1.54) is 30.3 Å². The number of halogens is 2. The molecule has 1 heterocycles. The standard InChI is InChI=1S/C17H12ClFN2O3/c1-10(23-17(22)12-3-2-4-13(18)9-12)15-20-21-16(24-15)11-5-7-14(19)8-6-11/h2-10H,1H3/t10-/m0/s1. The van der Waals surface area contributed by atoms with Crippen molar-refractivity contribution in [3.63, 3.8) is 0 Å². The van der Waals surface area contributed by atoms with Crippen LogP contribution in [-0.2, 0) is 4.74 Å². The van der Waals surface area contributed by atoms with Gasteiger partial charge in [0.1, 0.15) is 5.82 Å². The van der Waals surface area contributed by atoms with Gasteiger partial charge in [-0.15, -0.1) is 10.2 Å². The normalized spacial score (nSPS) is 12.0. The van der Waals surface area contributed by atoms with Crippen LogP contribution in [0.2, 0.25) is 5.02 Å². The fourth-order valence-electron chi connectivity index (χ4n) is 2.00. The Hall–Kier alpha value is -2.73. The molecule has 0 N–H and O–H groups in total. The van der Waals surface area contributed by atoms with Crippen molar-refractivity contribution in [1.82, 2.24) is 10.2 Å². The van der Waals surface area contributed by atoms with Gasteiger partial charge in [0.25, 0.3) is 5.89 Å². The molecule has 0 aliphatic heterocycles. The molecule has 2 aromatic carbocycles. The highest BCUT2D eigenvalue weighted by Gasteiger charge is 2.20. The Kier molecular flexibility index (Phi) is 4.57. The van der Waals surface area contributed by atoms with E-state index in [0.717, 1.165) is 0 Å². The second-order valence-electron chi connectivity index (χ2n) is 5.01. The first-order valence-corrected chi connectivity index (χ1v) is 7.46. The molecule has 0 bridgehead atoms. The molecule has 0 unspecified atom stereocenters. The topological polar surface area (TPSA) is 65.2 Å². The number of hydrogen-bond donors (Lipinski definition) is 0. The van der Waals surface area contributed by atoms with E-state index >= 15 is 0 Å². The van der Waals surface area contributed by atoms with Crippen molar-refractivity contribution >= 4 is 17.6 Å². The lowest BCUT2D eigenvalue weighted by Gasteiger charge is -2.09. The number of carbonyl (C=O) groups excluding carboxylic acids is 1. The van der Waals surface area contributed by atoms with Gasteiger partial charge in [-0.05, 0) is 49.4 Å². The van der Waals surface area contributed by atoms with Crippen LogP contribution in [0.1, 0.15) is 29.3 Å². The van der Waals surface area contributed by atoms with E-state index in [0.29, 0.717) is 16.1 Å². The van der Waals surface area contributed by atoms with Gasteiger partial charge in [0.2, 0.25) is 5.89 Å². The number of hydrogen-bond acceptors (Lipinski definition) is 5. The van der Waals surface area contributed by atoms with Crippen LogP contribution >= 0.6 is 11.6 Å². The molecule has 24 heavy (non-hydrogen) atoms. The van der Waals surface area contributed by atoms with Gasteiger partial charge < -0.3 is 9.15 Å². The van der Waals surface area contributed by atoms with E-state index in [2.05, 4.69) is 10.2 Å². The first-order valence-electron chi connectivity index (χ1n) is 7.09. The van der Waals surface area contributed by atoms with E-state index in [1.54, 1.807) is 25.1 Å². The Bertz CT molecular complexity index is 864. The molecule has 1 aromatic heterocycles. The van der Waals surface area contributed by atoms with E-state index < -0.39 is 12.1 Å². The predicted octanol–water partition coefficient (Wildman–Crippen LogP) is 4.45. The van der Waals surface area contributed by atoms with Crippen LogP contribution in [-0.4, -0.2) is 16.2 Å². The van der Waals surface area contributed by atoms with Gasteiger partial charge in [0.15, 0.2) is 6.10 Å². The second-order valence-corrected chi connectivity index (χ2v) is 5.45. The van der Waals surface area contributed by atoms with Crippen molar-refractivity contribution < 1.29 is 18.3 Å². The molecule has 0 saturated carbocycles. The Morgan fingerprint density at radius 1 is 1.21 bits per heavy atom. The quantitative estimate of drug-likeness (QED) is 0.653. The van der Waals surface area contributed by atoms with Crippen molar-refractivity contribution in [2.24, 2.45) is 0 Å². The molecule has 5 nitrogen and oxygen atoms in total. The second kappa shape index (κ2) is 6.80. The minimum atomic E-state index is -0.738. The zero-order chi connectivity index (χ0) is 17.1. The van der Waals surface area contributed by atoms with E-state index in [1.807, 2.05) is 0 Å². The van der Waals surface area contributed by atoms with Gasteiger partial charge in [0.05, 0.1) is 5.56 Å². The SMILES string of the molecule is C[C@H](OC(=O)c1cccc(Cl)c1)c1nnc(-c2ccc(F)cc2)o1. The Morgan fingerprint density at radius 2 is 1.96 bits per heavy atom. The van der Waals surface area contributed by atoms with E-state index in [-0.39, 0.29) is 17.6 Å². The van der Waals surface area contributed by atoms with Crippen molar-refractivity contribution in [3.05, 3.63) is 70.8 Å². The fourth-order valence-corrected chi connectivity index (χ4v) is 2.19. The van der Waals surface area contributed by atoms with Crippen LogP contribution in [0.3, 0.4) is 0 Å². The van der Waals surface area contributed by atoms with Crippen molar-refractivity contribution in [2.75, 3.05) is 0 Å². The van der Waals surface area contributed by atoms with Gasteiger partial charge >= 0.3 is 5.97 Å². The lowest BCUT2D eigenvalue weighted by molar-refractivity contribution is 0.0280. The number of carbonyl (C=O) groups is 1. The lowest BCUT2D eigenvalue weighted by atomic mass is 10.2. The van der Waals surface area contributed by atoms with Crippen LogP contribution in [0, 0.1) is 5.82 Å². The highest BCUT2D eigenvalue weighted by molar-refractivity contribution is 6.30. The average Bonchev–Trinajstić information content (AvgIpc) is 3.05. The molecule has 7 heteroatoms. The summed E-state index contributed by atoms with van der Waals surface area (Å²) in [4.78, 5) is 12.1. The number of nitrogens with zero attached hydrogens (tertiary/aromatic N) is 2. The molecule has 0 aliphatic rings. The zero-order valence-corrected chi connectivity index (χ0v) is 13.3. The highest BCUT2D eigenvalue weighted by Crippen LogP contribution is 2.23. The Morgan fingerprint density at radius 3 is 2.67 bits per heavy atom. The third-order valence-corrected chi connectivity index (χ3v) is 3.46. The summed E-state index contributed by atoms with van der Waals surface area (Å²) in [5, 5.41) is 8.18. The molecule has 1 atom stereocenters. The lowest BCUT2D eigenvalue weighted by Crippen LogP contribution is -2.09. The third-order valence-electron chi connectivity index (χ3n) is 3.22. The summed E-state index contributed by atoms with van der Waals surface area (Å²) in [5.74, 6) is -0.547. The smallest absolute Gasteiger partial charge is 0.338 e. The minimum absolute atomic E-state index is 0.143. The molecular weight excluding hydrogens is 335 g/mol. The molecule has 0 radical (unpaired) electrons. The molecule has 3 rings (SSSR count). The van der Waals surface area contributed by atoms with Crippen LogP contribution < -0.4 is 0 Å². The summed E-state index contributed by atoms with van der Waals surface area (Å²) in [5.41, 5.74) is 0.899. The summed E-state index contributed by atoms with van der Waals surface area (Å²) < 4.78 is 23.7. The Balaban J connectivity index is 1.73. The molecule has 0 saturated heterocycles. The number of benzene rings is 2. The molecule has 122 valence electrons. The Labute approximate surface area is 142 Å². The fraction of sp³-hybridized carbons (Fsp3) is 0.118. The monoisotopic (exact) mass is 346 g/mol. The van der Waals surface area contributed by atoms with Gasteiger partial charge in [-0.2, -0.15) is 0 Å². The summed E-state index contributed by atoms with van der Waals surface area (Å²) in [6.07, 6.45) is -0.738. The van der Waals surface area contributed by atoms with Crippen molar-refractivity contribution in [3.8, 4) is 11.5 Å². The maximum absolute atomic E-state index is 12.9. The summed E-state index contributed by atoms with van der Waals surface area (Å²) in [6, 6.07) is 12.1. The molecular formula is C17H12ClFN2O3. The maximum Gasteiger partial charge on any atom is 0.338 e. The van der Waals surface area contributed by atoms with E-state index in [4.69, 9.17) is 20.8 Å². The van der Waals surface area contributed by atoms with Crippen molar-refractivity contribution in [2.45, 2.75) is 13.0 Å². The average molecular weight is 347 g/mol. The number of aromatic nitrogens is 2. The van der Waals surface area contributed by atoms with Crippen molar-refractivity contribution in [1.29, 1.82) is 0 Å². The minimum Gasteiger partial charge on any atom is -0.449 e. The molecule has 0 spiro atoms. The first-order chi connectivity index (χ1) is 11.5. The summed E-state index contributed by atoms with van der Waals surface area (Å²) in [7, 11) is 0. The molecule has 0 fully saturated rings.